The molecule has 3 heterocycles. The molecule has 0 unspecified atom stereocenters. The molecular formula is C16H23N5O3S2. The SMILES string of the molecule is Cc1cnn(CCCNC(=O)c2cc(S(=O)(=O)N3CCSCC3)c[nH]2)c1. The molecule has 3 rings (SSSR count). The number of thioether (sulfide) groups is 1. The molecule has 1 saturated heterocycles. The van der Waals surface area contributed by atoms with Crippen molar-refractivity contribution in [3.63, 3.8) is 0 Å². The van der Waals surface area contributed by atoms with Crippen molar-refractivity contribution in [2.75, 3.05) is 31.1 Å². The number of nitrogens with one attached hydrogen (secondary N) is 2. The molecule has 0 spiro atoms. The third kappa shape index (κ3) is 4.49. The first-order valence-corrected chi connectivity index (χ1v) is 11.1. The fourth-order valence-electron chi connectivity index (χ4n) is 2.72. The van der Waals surface area contributed by atoms with Crippen molar-refractivity contribution in [2.45, 2.75) is 24.8 Å². The highest BCUT2D eigenvalue weighted by molar-refractivity contribution is 7.99. The number of nitrogens with zero attached hydrogens (tertiary/aromatic N) is 3. The van der Waals surface area contributed by atoms with Crippen LogP contribution in [0.25, 0.3) is 0 Å². The van der Waals surface area contributed by atoms with Gasteiger partial charge in [0.1, 0.15) is 10.6 Å². The number of hydrogen-bond acceptors (Lipinski definition) is 5. The van der Waals surface area contributed by atoms with E-state index in [-0.39, 0.29) is 16.5 Å². The number of H-pyrrole nitrogens is 1. The van der Waals surface area contributed by atoms with E-state index >= 15 is 0 Å². The predicted octanol–water partition coefficient (Wildman–Crippen LogP) is 1.08. The number of carbonyl (C=O) groups is 1. The first kappa shape index (κ1) is 19.0. The summed E-state index contributed by atoms with van der Waals surface area (Å²) in [5.41, 5.74) is 1.35. The Kier molecular flexibility index (Phi) is 6.05. The standard InChI is InChI=1S/C16H23N5O3S2/c1-13-10-19-20(12-13)4-2-3-17-16(22)15-9-14(11-18-15)26(23,24)21-5-7-25-8-6-21/h9-12,18H,2-8H2,1H3,(H,17,22). The lowest BCUT2D eigenvalue weighted by Gasteiger charge is -2.24. The Morgan fingerprint density at radius 1 is 1.38 bits per heavy atom. The van der Waals surface area contributed by atoms with E-state index < -0.39 is 10.0 Å². The Morgan fingerprint density at radius 3 is 2.85 bits per heavy atom. The number of sulfonamides is 1. The van der Waals surface area contributed by atoms with Gasteiger partial charge in [-0.3, -0.25) is 9.48 Å². The summed E-state index contributed by atoms with van der Waals surface area (Å²) in [6.07, 6.45) is 5.87. The molecule has 0 aliphatic carbocycles. The number of aromatic nitrogens is 3. The molecule has 0 bridgehead atoms. The molecule has 2 aromatic rings. The molecule has 8 nitrogen and oxygen atoms in total. The van der Waals surface area contributed by atoms with E-state index in [0.717, 1.165) is 23.5 Å². The second kappa shape index (κ2) is 8.28. The predicted molar refractivity (Wildman–Crippen MR) is 101 cm³/mol. The third-order valence-corrected chi connectivity index (χ3v) is 6.94. The van der Waals surface area contributed by atoms with Crippen LogP contribution in [-0.4, -0.2) is 64.5 Å². The maximum Gasteiger partial charge on any atom is 0.267 e. The van der Waals surface area contributed by atoms with Crippen LogP contribution < -0.4 is 5.32 Å². The molecular weight excluding hydrogens is 374 g/mol. The molecule has 1 aliphatic heterocycles. The van der Waals surface area contributed by atoms with Crippen LogP contribution in [0.5, 0.6) is 0 Å². The van der Waals surface area contributed by atoms with E-state index in [9.17, 15) is 13.2 Å². The second-order valence-electron chi connectivity index (χ2n) is 6.16. The highest BCUT2D eigenvalue weighted by atomic mass is 32.2. The minimum absolute atomic E-state index is 0.140. The minimum Gasteiger partial charge on any atom is -0.356 e. The van der Waals surface area contributed by atoms with Crippen molar-refractivity contribution in [3.8, 4) is 0 Å². The zero-order valence-electron chi connectivity index (χ0n) is 14.6. The van der Waals surface area contributed by atoms with Gasteiger partial charge in [0.25, 0.3) is 5.91 Å². The van der Waals surface area contributed by atoms with Gasteiger partial charge in [-0.2, -0.15) is 21.2 Å². The first-order chi connectivity index (χ1) is 12.5. The number of aromatic amines is 1. The molecule has 26 heavy (non-hydrogen) atoms. The molecule has 2 N–H and O–H groups in total. The van der Waals surface area contributed by atoms with Crippen molar-refractivity contribution in [1.82, 2.24) is 24.4 Å². The first-order valence-electron chi connectivity index (χ1n) is 8.50. The van der Waals surface area contributed by atoms with Gasteiger partial charge in [0.2, 0.25) is 10.0 Å². The summed E-state index contributed by atoms with van der Waals surface area (Å²) < 4.78 is 28.5. The zero-order chi connectivity index (χ0) is 18.6. The number of aryl methyl sites for hydroxylation is 2. The van der Waals surface area contributed by atoms with Gasteiger partial charge in [0.15, 0.2) is 0 Å². The Balaban J connectivity index is 1.52. The topological polar surface area (TPSA) is 100 Å². The Labute approximate surface area is 157 Å². The van der Waals surface area contributed by atoms with Crippen molar-refractivity contribution < 1.29 is 13.2 Å². The molecule has 1 aliphatic rings. The summed E-state index contributed by atoms with van der Waals surface area (Å²) in [4.78, 5) is 15.1. The van der Waals surface area contributed by atoms with Crippen molar-refractivity contribution in [1.29, 1.82) is 0 Å². The molecule has 2 aromatic heterocycles. The molecule has 0 saturated carbocycles. The van der Waals surface area contributed by atoms with Crippen molar-refractivity contribution in [3.05, 3.63) is 35.9 Å². The van der Waals surface area contributed by atoms with Gasteiger partial charge in [0.05, 0.1) is 6.20 Å². The van der Waals surface area contributed by atoms with Gasteiger partial charge < -0.3 is 10.3 Å². The average Bonchev–Trinajstić information content (AvgIpc) is 3.29. The summed E-state index contributed by atoms with van der Waals surface area (Å²) in [5, 5.41) is 6.99. The monoisotopic (exact) mass is 397 g/mol. The molecule has 0 atom stereocenters. The second-order valence-corrected chi connectivity index (χ2v) is 9.32. The highest BCUT2D eigenvalue weighted by Crippen LogP contribution is 2.20. The Hall–Kier alpha value is -1.78. The number of carbonyl (C=O) groups excluding carboxylic acids is 1. The largest absolute Gasteiger partial charge is 0.356 e. The summed E-state index contributed by atoms with van der Waals surface area (Å²) in [6, 6.07) is 1.41. The van der Waals surface area contributed by atoms with Crippen LogP contribution in [0.3, 0.4) is 0 Å². The lowest BCUT2D eigenvalue weighted by molar-refractivity contribution is 0.0948. The van der Waals surface area contributed by atoms with Gasteiger partial charge in [-0.15, -0.1) is 0 Å². The molecule has 0 radical (unpaired) electrons. The molecule has 1 amide bonds. The lowest BCUT2D eigenvalue weighted by Crippen LogP contribution is -2.37. The van der Waals surface area contributed by atoms with E-state index in [1.165, 1.54) is 16.6 Å². The summed E-state index contributed by atoms with van der Waals surface area (Å²) in [5.74, 6) is 1.29. The van der Waals surface area contributed by atoms with Gasteiger partial charge >= 0.3 is 0 Å². The summed E-state index contributed by atoms with van der Waals surface area (Å²) in [7, 11) is -3.54. The van der Waals surface area contributed by atoms with E-state index in [4.69, 9.17) is 0 Å². The van der Waals surface area contributed by atoms with Crippen LogP contribution in [0.4, 0.5) is 0 Å². The van der Waals surface area contributed by atoms with Crippen LogP contribution in [0.2, 0.25) is 0 Å². The van der Waals surface area contributed by atoms with E-state index in [0.29, 0.717) is 26.2 Å². The fraction of sp³-hybridized carbons (Fsp3) is 0.500. The molecule has 1 fully saturated rings. The third-order valence-electron chi connectivity index (χ3n) is 4.12. The van der Waals surface area contributed by atoms with Crippen LogP contribution in [0, 0.1) is 6.92 Å². The maximum atomic E-state index is 12.6. The van der Waals surface area contributed by atoms with Crippen molar-refractivity contribution >= 4 is 27.7 Å². The smallest absolute Gasteiger partial charge is 0.267 e. The van der Waals surface area contributed by atoms with Crippen LogP contribution in [-0.2, 0) is 16.6 Å². The highest BCUT2D eigenvalue weighted by Gasteiger charge is 2.27. The lowest BCUT2D eigenvalue weighted by atomic mass is 10.3. The number of hydrogen-bond donors (Lipinski definition) is 2. The zero-order valence-corrected chi connectivity index (χ0v) is 16.3. The Bertz CT molecular complexity index is 853. The van der Waals surface area contributed by atoms with E-state index in [1.807, 2.05) is 17.8 Å². The van der Waals surface area contributed by atoms with Gasteiger partial charge in [0, 0.05) is 50.1 Å². The quantitative estimate of drug-likeness (QED) is 0.681. The maximum absolute atomic E-state index is 12.6. The van der Waals surface area contributed by atoms with Crippen LogP contribution >= 0.6 is 11.8 Å². The minimum atomic E-state index is -3.54. The summed E-state index contributed by atoms with van der Waals surface area (Å²) in [6.45, 7) is 4.19. The Morgan fingerprint density at radius 2 is 2.15 bits per heavy atom. The van der Waals surface area contributed by atoms with Crippen LogP contribution in [0.15, 0.2) is 29.6 Å². The molecule has 142 valence electrons. The summed E-state index contributed by atoms with van der Waals surface area (Å²) >= 11 is 1.75. The number of amides is 1. The fourth-order valence-corrected chi connectivity index (χ4v) is 5.29. The van der Waals surface area contributed by atoms with Crippen molar-refractivity contribution in [2.24, 2.45) is 0 Å². The van der Waals surface area contributed by atoms with E-state index in [2.05, 4.69) is 15.4 Å². The van der Waals surface area contributed by atoms with Gasteiger partial charge in [-0.25, -0.2) is 8.42 Å². The molecule has 10 heteroatoms. The van der Waals surface area contributed by atoms with Gasteiger partial charge in [-0.05, 0) is 25.0 Å². The van der Waals surface area contributed by atoms with E-state index in [1.54, 1.807) is 18.0 Å². The molecule has 0 aromatic carbocycles. The van der Waals surface area contributed by atoms with Gasteiger partial charge in [-0.1, -0.05) is 0 Å². The van der Waals surface area contributed by atoms with Crippen LogP contribution in [0.1, 0.15) is 22.5 Å². The normalized spacial score (nSPS) is 15.9. The average molecular weight is 398 g/mol. The number of rotatable bonds is 7.